The highest BCUT2D eigenvalue weighted by molar-refractivity contribution is 4.85. The summed E-state index contributed by atoms with van der Waals surface area (Å²) < 4.78 is 36.9. The largest absolute Gasteiger partial charge is 0.390 e. The smallest absolute Gasteiger partial charge is 0.314 e. The van der Waals surface area contributed by atoms with Crippen LogP contribution in [0.5, 0.6) is 0 Å². The molecule has 102 valence electrons. The zero-order chi connectivity index (χ0) is 13.1. The van der Waals surface area contributed by atoms with E-state index in [1.807, 2.05) is 4.90 Å². The summed E-state index contributed by atoms with van der Waals surface area (Å²) >= 11 is 0. The van der Waals surface area contributed by atoms with Gasteiger partial charge in [0.1, 0.15) is 0 Å². The fourth-order valence-corrected chi connectivity index (χ4v) is 2.61. The Balaban J connectivity index is 2.43. The summed E-state index contributed by atoms with van der Waals surface area (Å²) in [5, 5.41) is 3.39. The minimum Gasteiger partial charge on any atom is -0.314 e. The molecule has 0 saturated carbocycles. The highest BCUT2D eigenvalue weighted by Crippen LogP contribution is 2.26. The van der Waals surface area contributed by atoms with Crippen LogP contribution in [0.4, 0.5) is 13.2 Å². The lowest BCUT2D eigenvalue weighted by atomic mass is 9.92. The van der Waals surface area contributed by atoms with Crippen LogP contribution in [0.1, 0.15) is 33.6 Å². The molecular formula is C12H23F3N2. The summed E-state index contributed by atoms with van der Waals surface area (Å²) in [6.45, 7) is 8.29. The second kappa shape index (κ2) is 6.05. The monoisotopic (exact) mass is 252 g/mol. The lowest BCUT2D eigenvalue weighted by Crippen LogP contribution is -2.51. The second-order valence-electron chi connectivity index (χ2n) is 5.09. The van der Waals surface area contributed by atoms with E-state index in [2.05, 4.69) is 19.2 Å². The average molecular weight is 252 g/mol. The van der Waals surface area contributed by atoms with Gasteiger partial charge in [-0.3, -0.25) is 4.90 Å². The van der Waals surface area contributed by atoms with E-state index in [1.54, 1.807) is 6.92 Å². The molecule has 1 N–H and O–H groups in total. The van der Waals surface area contributed by atoms with Crippen molar-refractivity contribution in [2.75, 3.05) is 19.6 Å². The Morgan fingerprint density at radius 3 is 2.53 bits per heavy atom. The summed E-state index contributed by atoms with van der Waals surface area (Å²) in [5.74, 6) is 0.416. The van der Waals surface area contributed by atoms with Crippen molar-refractivity contribution in [3.63, 3.8) is 0 Å². The molecule has 17 heavy (non-hydrogen) atoms. The zero-order valence-corrected chi connectivity index (χ0v) is 10.8. The summed E-state index contributed by atoms with van der Waals surface area (Å²) in [6, 6.07) is 0.0503. The Labute approximate surface area is 102 Å². The molecule has 5 heteroatoms. The van der Waals surface area contributed by atoms with Crippen LogP contribution >= 0.6 is 0 Å². The van der Waals surface area contributed by atoms with Crippen molar-refractivity contribution in [1.29, 1.82) is 0 Å². The Hall–Kier alpha value is -0.290. The van der Waals surface area contributed by atoms with Gasteiger partial charge in [0.15, 0.2) is 0 Å². The number of hydrogen-bond acceptors (Lipinski definition) is 2. The summed E-state index contributed by atoms with van der Waals surface area (Å²) in [4.78, 5) is 1.96. The van der Waals surface area contributed by atoms with Crippen LogP contribution in [0, 0.1) is 5.92 Å². The van der Waals surface area contributed by atoms with Crippen molar-refractivity contribution < 1.29 is 13.2 Å². The van der Waals surface area contributed by atoms with E-state index in [0.29, 0.717) is 12.0 Å². The maximum Gasteiger partial charge on any atom is 0.390 e. The van der Waals surface area contributed by atoms with Gasteiger partial charge in [-0.2, -0.15) is 13.2 Å². The third-order valence-electron chi connectivity index (χ3n) is 3.55. The third-order valence-corrected chi connectivity index (χ3v) is 3.55. The van der Waals surface area contributed by atoms with E-state index in [-0.39, 0.29) is 0 Å². The number of alkyl halides is 3. The van der Waals surface area contributed by atoms with Gasteiger partial charge in [-0.1, -0.05) is 13.8 Å². The van der Waals surface area contributed by atoms with Crippen molar-refractivity contribution in [3.05, 3.63) is 0 Å². The topological polar surface area (TPSA) is 15.3 Å². The van der Waals surface area contributed by atoms with Gasteiger partial charge in [0.25, 0.3) is 0 Å². The molecular weight excluding hydrogens is 229 g/mol. The van der Waals surface area contributed by atoms with Crippen LogP contribution in [0.15, 0.2) is 0 Å². The average Bonchev–Trinajstić information content (AvgIpc) is 2.18. The minimum atomic E-state index is -4.05. The predicted molar refractivity (Wildman–Crippen MR) is 63.0 cm³/mol. The standard InChI is InChI=1S/C12H23F3N2/c1-4-16-11-5-6-17(8-9(11)2)10(3)7-12(13,14)15/h9-11,16H,4-8H2,1-3H3. The third kappa shape index (κ3) is 4.84. The van der Waals surface area contributed by atoms with E-state index in [4.69, 9.17) is 0 Å². The van der Waals surface area contributed by atoms with Crippen LogP contribution in [0.3, 0.4) is 0 Å². The second-order valence-corrected chi connectivity index (χ2v) is 5.09. The first kappa shape index (κ1) is 14.8. The summed E-state index contributed by atoms with van der Waals surface area (Å²) in [6.07, 6.45) is -3.82. The lowest BCUT2D eigenvalue weighted by Gasteiger charge is -2.40. The normalized spacial score (nSPS) is 29.3. The highest BCUT2D eigenvalue weighted by atomic mass is 19.4. The molecule has 0 aromatic rings. The van der Waals surface area contributed by atoms with Gasteiger partial charge in [0, 0.05) is 18.6 Å². The molecule has 0 radical (unpaired) electrons. The van der Waals surface area contributed by atoms with Crippen molar-refractivity contribution in [1.82, 2.24) is 10.2 Å². The number of nitrogens with zero attached hydrogens (tertiary/aromatic N) is 1. The number of rotatable bonds is 4. The fourth-order valence-electron chi connectivity index (χ4n) is 2.61. The van der Waals surface area contributed by atoms with Gasteiger partial charge >= 0.3 is 6.18 Å². The Morgan fingerprint density at radius 2 is 2.06 bits per heavy atom. The van der Waals surface area contributed by atoms with Crippen LogP contribution < -0.4 is 5.32 Å². The van der Waals surface area contributed by atoms with Gasteiger partial charge in [0.2, 0.25) is 0 Å². The summed E-state index contributed by atoms with van der Waals surface area (Å²) in [7, 11) is 0. The van der Waals surface area contributed by atoms with Gasteiger partial charge in [-0.15, -0.1) is 0 Å². The molecule has 1 rings (SSSR count). The Kier molecular flexibility index (Phi) is 5.25. The van der Waals surface area contributed by atoms with Crippen LogP contribution in [-0.2, 0) is 0 Å². The zero-order valence-electron chi connectivity index (χ0n) is 10.8. The molecule has 1 aliphatic heterocycles. The van der Waals surface area contributed by atoms with Crippen molar-refractivity contribution >= 4 is 0 Å². The van der Waals surface area contributed by atoms with E-state index in [0.717, 1.165) is 26.1 Å². The van der Waals surface area contributed by atoms with Crippen LogP contribution in [0.2, 0.25) is 0 Å². The Bertz CT molecular complexity index is 230. The first-order valence-electron chi connectivity index (χ1n) is 6.37. The van der Waals surface area contributed by atoms with Gasteiger partial charge < -0.3 is 5.32 Å². The predicted octanol–water partition coefficient (Wildman–Crippen LogP) is 2.65. The summed E-state index contributed by atoms with van der Waals surface area (Å²) in [5.41, 5.74) is 0. The molecule has 3 atom stereocenters. The molecule has 1 aliphatic rings. The van der Waals surface area contributed by atoms with Crippen LogP contribution in [0.25, 0.3) is 0 Å². The molecule has 2 nitrogen and oxygen atoms in total. The molecule has 0 aromatic carbocycles. The number of likely N-dealkylation sites (tertiary alicyclic amines) is 1. The van der Waals surface area contributed by atoms with Gasteiger partial charge in [-0.25, -0.2) is 0 Å². The molecule has 0 bridgehead atoms. The van der Waals surface area contributed by atoms with E-state index < -0.39 is 18.6 Å². The lowest BCUT2D eigenvalue weighted by molar-refractivity contribution is -0.147. The van der Waals surface area contributed by atoms with Crippen molar-refractivity contribution in [3.8, 4) is 0 Å². The highest BCUT2D eigenvalue weighted by Gasteiger charge is 2.35. The van der Waals surface area contributed by atoms with E-state index >= 15 is 0 Å². The molecule has 0 amide bonds. The van der Waals surface area contributed by atoms with E-state index in [1.165, 1.54) is 0 Å². The van der Waals surface area contributed by atoms with Gasteiger partial charge in [0.05, 0.1) is 6.42 Å². The molecule has 3 unspecified atom stereocenters. The maximum absolute atomic E-state index is 12.3. The molecule has 1 fully saturated rings. The fraction of sp³-hybridized carbons (Fsp3) is 1.00. The molecule has 1 saturated heterocycles. The quantitative estimate of drug-likeness (QED) is 0.827. The number of nitrogens with one attached hydrogen (secondary N) is 1. The van der Waals surface area contributed by atoms with Crippen molar-refractivity contribution in [2.24, 2.45) is 5.92 Å². The number of halogens is 3. The minimum absolute atomic E-state index is 0.403. The Morgan fingerprint density at radius 1 is 1.41 bits per heavy atom. The molecule has 0 spiro atoms. The first-order chi connectivity index (χ1) is 7.83. The SMILES string of the molecule is CCNC1CCN(C(C)CC(F)(F)F)CC1C. The molecule has 0 aliphatic carbocycles. The maximum atomic E-state index is 12.3. The molecule has 1 heterocycles. The van der Waals surface area contributed by atoms with E-state index in [9.17, 15) is 13.2 Å². The van der Waals surface area contributed by atoms with Crippen molar-refractivity contribution in [2.45, 2.75) is 51.9 Å². The number of piperidine rings is 1. The van der Waals surface area contributed by atoms with Gasteiger partial charge in [-0.05, 0) is 32.4 Å². The molecule has 0 aromatic heterocycles. The van der Waals surface area contributed by atoms with Crippen LogP contribution in [-0.4, -0.2) is 42.8 Å². The first-order valence-corrected chi connectivity index (χ1v) is 6.37. The number of hydrogen-bond donors (Lipinski definition) is 1.